The quantitative estimate of drug-likeness (QED) is 0.429. The van der Waals surface area contributed by atoms with Crippen LogP contribution in [0.3, 0.4) is 0 Å². The van der Waals surface area contributed by atoms with Crippen molar-refractivity contribution in [1.82, 2.24) is 9.80 Å². The summed E-state index contributed by atoms with van der Waals surface area (Å²) in [5.74, 6) is -0.275. The highest BCUT2D eigenvalue weighted by Gasteiger charge is 2.23. The summed E-state index contributed by atoms with van der Waals surface area (Å²) in [6, 6.07) is 0. The SMILES string of the molecule is CC(CN1CCN(CC(C)C(=O)O)CC1)B(P)I. The van der Waals surface area contributed by atoms with Crippen molar-refractivity contribution in [2.75, 3.05) is 39.3 Å². The van der Waals surface area contributed by atoms with E-state index >= 15 is 0 Å². The number of hydrogen-bond acceptors (Lipinski definition) is 3. The third kappa shape index (κ3) is 5.72. The molecule has 3 unspecified atom stereocenters. The molecule has 0 aliphatic carbocycles. The Labute approximate surface area is 126 Å². The fourth-order valence-electron chi connectivity index (χ4n) is 2.13. The predicted octanol–water partition coefficient (Wildman–Crippen LogP) is 1.51. The minimum absolute atomic E-state index is 0.263. The molecule has 1 fully saturated rings. The van der Waals surface area contributed by atoms with E-state index < -0.39 is 5.97 Å². The molecule has 0 aromatic carbocycles. The van der Waals surface area contributed by atoms with E-state index in [9.17, 15) is 4.79 Å². The molecule has 0 aromatic heterocycles. The van der Waals surface area contributed by atoms with Gasteiger partial charge in [-0.1, -0.05) is 13.8 Å². The highest BCUT2D eigenvalue weighted by atomic mass is 127. The smallest absolute Gasteiger partial charge is 0.307 e. The first-order valence-electron chi connectivity index (χ1n) is 6.47. The second-order valence-electron chi connectivity index (χ2n) is 5.26. The van der Waals surface area contributed by atoms with Gasteiger partial charge in [0.1, 0.15) is 0 Å². The minimum Gasteiger partial charge on any atom is -0.481 e. The van der Waals surface area contributed by atoms with Gasteiger partial charge in [0.25, 0.3) is 0 Å². The molecule has 1 N–H and O–H groups in total. The Morgan fingerprint density at radius 3 is 2.11 bits per heavy atom. The van der Waals surface area contributed by atoms with Gasteiger partial charge < -0.3 is 10.0 Å². The first-order valence-corrected chi connectivity index (χ1v) is 8.38. The van der Waals surface area contributed by atoms with E-state index in [4.69, 9.17) is 5.11 Å². The summed E-state index contributed by atoms with van der Waals surface area (Å²) >= 11 is 2.45. The Hall–Kier alpha value is 0.615. The fraction of sp³-hybridized carbons (Fsp3) is 0.909. The lowest BCUT2D eigenvalue weighted by atomic mass is 9.87. The molecular formula is C11H23BIN2O2P. The molecule has 0 aromatic rings. The van der Waals surface area contributed by atoms with Crippen LogP contribution in [-0.2, 0) is 4.79 Å². The maximum atomic E-state index is 10.8. The molecule has 1 aliphatic heterocycles. The van der Waals surface area contributed by atoms with Crippen LogP contribution in [0.15, 0.2) is 0 Å². The van der Waals surface area contributed by atoms with Gasteiger partial charge in [-0.05, 0) is 12.4 Å². The number of rotatable bonds is 6. The number of hydrogen-bond donors (Lipinski definition) is 1. The maximum Gasteiger partial charge on any atom is 0.307 e. The van der Waals surface area contributed by atoms with Gasteiger partial charge in [0.05, 0.1) is 5.92 Å². The summed E-state index contributed by atoms with van der Waals surface area (Å²) in [7, 11) is 2.86. The first kappa shape index (κ1) is 16.7. The van der Waals surface area contributed by atoms with Crippen LogP contribution in [0.4, 0.5) is 0 Å². The number of halogens is 1. The number of nitrogens with zero attached hydrogens (tertiary/aromatic N) is 2. The van der Waals surface area contributed by atoms with E-state index in [0.717, 1.165) is 32.7 Å². The van der Waals surface area contributed by atoms with Crippen LogP contribution in [0.1, 0.15) is 13.8 Å². The zero-order chi connectivity index (χ0) is 13.7. The number of carboxylic acids is 1. The first-order chi connectivity index (χ1) is 8.40. The molecule has 0 radical (unpaired) electrons. The van der Waals surface area contributed by atoms with Gasteiger partial charge in [-0.2, -0.15) is 9.12 Å². The molecule has 0 amide bonds. The van der Waals surface area contributed by atoms with Crippen LogP contribution in [-0.4, -0.2) is 64.4 Å². The fourth-order valence-corrected chi connectivity index (χ4v) is 2.48. The minimum atomic E-state index is -0.693. The Morgan fingerprint density at radius 1 is 1.28 bits per heavy atom. The molecule has 0 bridgehead atoms. The third-order valence-corrected chi connectivity index (χ3v) is 5.39. The molecule has 1 rings (SSSR count). The second kappa shape index (κ2) is 8.03. The van der Waals surface area contributed by atoms with Crippen molar-refractivity contribution in [1.29, 1.82) is 0 Å². The topological polar surface area (TPSA) is 43.8 Å². The lowest BCUT2D eigenvalue weighted by Gasteiger charge is -2.36. The molecule has 3 atom stereocenters. The molecule has 1 saturated heterocycles. The standard InChI is InChI=1S/C11H23BIN2O2P/c1-9(11(16)17)7-14-3-5-15(6-4-14)8-10(2)12(13)18/h9-10H,3-8,18H2,1-2H3,(H,16,17). The van der Waals surface area contributed by atoms with Gasteiger partial charge in [-0.25, -0.2) is 0 Å². The van der Waals surface area contributed by atoms with E-state index in [1.165, 1.54) is 0 Å². The molecule has 1 heterocycles. The molecule has 104 valence electrons. The van der Waals surface area contributed by atoms with Gasteiger partial charge in [0, 0.05) is 32.7 Å². The average Bonchev–Trinajstić information content (AvgIpc) is 2.31. The van der Waals surface area contributed by atoms with Gasteiger partial charge in [-0.15, -0.1) is 22.4 Å². The van der Waals surface area contributed by atoms with Gasteiger partial charge in [0.15, 0.2) is 0 Å². The molecular weight excluding hydrogens is 361 g/mol. The normalized spacial score (nSPS) is 21.6. The summed E-state index contributed by atoms with van der Waals surface area (Å²) < 4.78 is 0.618. The number of piperazine rings is 1. The van der Waals surface area contributed by atoms with E-state index in [1.54, 1.807) is 6.92 Å². The zero-order valence-corrected chi connectivity index (χ0v) is 14.5. The van der Waals surface area contributed by atoms with E-state index in [2.05, 4.69) is 48.2 Å². The van der Waals surface area contributed by atoms with Crippen LogP contribution in [0.25, 0.3) is 0 Å². The van der Waals surface area contributed by atoms with E-state index in [-0.39, 0.29) is 5.92 Å². The monoisotopic (exact) mass is 384 g/mol. The zero-order valence-electron chi connectivity index (χ0n) is 11.2. The van der Waals surface area contributed by atoms with Crippen molar-refractivity contribution in [3.63, 3.8) is 0 Å². The van der Waals surface area contributed by atoms with Crippen molar-refractivity contribution in [3.8, 4) is 0 Å². The Kier molecular flexibility index (Phi) is 7.43. The summed E-state index contributed by atoms with van der Waals surface area (Å²) in [5, 5.41) is 8.90. The number of carboxylic acid groups (broad SMARTS) is 1. The van der Waals surface area contributed by atoms with Crippen molar-refractivity contribution in [2.45, 2.75) is 19.7 Å². The maximum absolute atomic E-state index is 10.8. The molecule has 18 heavy (non-hydrogen) atoms. The highest BCUT2D eigenvalue weighted by molar-refractivity contribution is 14.1. The highest BCUT2D eigenvalue weighted by Crippen LogP contribution is 2.22. The van der Waals surface area contributed by atoms with Crippen LogP contribution in [0, 0.1) is 5.92 Å². The summed E-state index contributed by atoms with van der Waals surface area (Å²) in [6.07, 6.45) is 0. The van der Waals surface area contributed by atoms with Crippen molar-refractivity contribution >= 4 is 41.8 Å². The second-order valence-corrected chi connectivity index (χ2v) is 8.78. The largest absolute Gasteiger partial charge is 0.481 e. The molecule has 4 nitrogen and oxygen atoms in total. The van der Waals surface area contributed by atoms with Gasteiger partial charge in [-0.3, -0.25) is 9.69 Å². The summed E-state index contributed by atoms with van der Waals surface area (Å²) in [4.78, 5) is 15.6. The number of aliphatic carboxylic acids is 1. The van der Waals surface area contributed by atoms with Crippen LogP contribution in [0.5, 0.6) is 0 Å². The third-order valence-electron chi connectivity index (χ3n) is 3.51. The Balaban J connectivity index is 2.26. The average molecular weight is 384 g/mol. The molecule has 1 aliphatic rings. The van der Waals surface area contributed by atoms with Crippen LogP contribution in [0.2, 0.25) is 5.82 Å². The van der Waals surface area contributed by atoms with Crippen molar-refractivity contribution in [2.24, 2.45) is 5.92 Å². The van der Waals surface area contributed by atoms with Crippen molar-refractivity contribution in [3.05, 3.63) is 0 Å². The molecule has 0 saturated carbocycles. The molecule has 0 spiro atoms. The Bertz CT molecular complexity index is 276. The Morgan fingerprint density at radius 2 is 1.72 bits per heavy atom. The summed E-state index contributed by atoms with van der Waals surface area (Å²) in [5.41, 5.74) is 0. The number of carbonyl (C=O) groups is 1. The van der Waals surface area contributed by atoms with Crippen LogP contribution < -0.4 is 0 Å². The van der Waals surface area contributed by atoms with E-state index in [1.807, 2.05) is 0 Å². The van der Waals surface area contributed by atoms with Crippen LogP contribution >= 0.6 is 31.5 Å². The summed E-state index contributed by atoms with van der Waals surface area (Å²) in [6.45, 7) is 9.99. The van der Waals surface area contributed by atoms with E-state index in [0.29, 0.717) is 16.7 Å². The predicted molar refractivity (Wildman–Crippen MR) is 88.6 cm³/mol. The lowest BCUT2D eigenvalue weighted by molar-refractivity contribution is -0.141. The van der Waals surface area contributed by atoms with Crippen molar-refractivity contribution < 1.29 is 9.90 Å². The lowest BCUT2D eigenvalue weighted by Crippen LogP contribution is -2.49. The van der Waals surface area contributed by atoms with Gasteiger partial charge >= 0.3 is 5.97 Å². The molecule has 7 heteroatoms. The van der Waals surface area contributed by atoms with Gasteiger partial charge in [0.2, 0.25) is 4.29 Å².